The first-order valence-corrected chi connectivity index (χ1v) is 10.9. The molecule has 0 radical (unpaired) electrons. The molecule has 2 aromatic carbocycles. The number of hydrogen-bond donors (Lipinski definition) is 1. The number of hydrogen-bond acceptors (Lipinski definition) is 4. The molecule has 1 aromatic heterocycles. The molecule has 0 spiro atoms. The predicted octanol–water partition coefficient (Wildman–Crippen LogP) is 4.13. The number of thioether (sulfide) groups is 1. The van der Waals surface area contributed by atoms with Gasteiger partial charge < -0.3 is 14.6 Å². The second-order valence-corrected chi connectivity index (χ2v) is 8.19. The van der Waals surface area contributed by atoms with E-state index in [9.17, 15) is 4.79 Å². The van der Waals surface area contributed by atoms with Crippen molar-refractivity contribution in [3.05, 3.63) is 83.9 Å². The molecule has 4 rings (SSSR count). The highest BCUT2D eigenvalue weighted by molar-refractivity contribution is 7.99. The number of carbonyl (C=O) groups is 1. The molecule has 1 unspecified atom stereocenters. The van der Waals surface area contributed by atoms with Crippen LogP contribution in [0, 0.1) is 0 Å². The fourth-order valence-corrected chi connectivity index (χ4v) is 4.59. The molecule has 0 saturated carbocycles. The molecule has 1 aliphatic heterocycles. The Balaban J connectivity index is 1.40. The Hall–Kier alpha value is -2.57. The molecule has 0 bridgehead atoms. The highest BCUT2D eigenvalue weighted by Gasteiger charge is 2.18. The van der Waals surface area contributed by atoms with Crippen LogP contribution in [0.15, 0.2) is 72.1 Å². The summed E-state index contributed by atoms with van der Waals surface area (Å²) in [4.78, 5) is 18.0. The summed E-state index contributed by atoms with van der Waals surface area (Å²) in [6, 6.07) is 16.0. The minimum absolute atomic E-state index is 0.0436. The van der Waals surface area contributed by atoms with Crippen LogP contribution in [0.1, 0.15) is 34.3 Å². The van der Waals surface area contributed by atoms with Crippen LogP contribution in [-0.4, -0.2) is 33.9 Å². The summed E-state index contributed by atoms with van der Waals surface area (Å²) in [6.07, 6.45) is 8.05. The van der Waals surface area contributed by atoms with Crippen LogP contribution < -0.4 is 5.32 Å². The van der Waals surface area contributed by atoms with Gasteiger partial charge in [-0.15, -0.1) is 11.8 Å². The highest BCUT2D eigenvalue weighted by Crippen LogP contribution is 2.27. The van der Waals surface area contributed by atoms with Crippen molar-refractivity contribution in [3.8, 4) is 0 Å². The Morgan fingerprint density at radius 3 is 2.79 bits per heavy atom. The molecule has 2 heterocycles. The van der Waals surface area contributed by atoms with Crippen LogP contribution in [0.2, 0.25) is 0 Å². The summed E-state index contributed by atoms with van der Waals surface area (Å²) >= 11 is 1.70. The third-order valence-electron chi connectivity index (χ3n) is 5.05. The van der Waals surface area contributed by atoms with E-state index < -0.39 is 0 Å². The van der Waals surface area contributed by atoms with Crippen molar-refractivity contribution >= 4 is 17.7 Å². The minimum atomic E-state index is -0.0436. The van der Waals surface area contributed by atoms with Crippen molar-refractivity contribution in [1.82, 2.24) is 14.9 Å². The smallest absolute Gasteiger partial charge is 0.252 e. The van der Waals surface area contributed by atoms with Gasteiger partial charge in [0.2, 0.25) is 0 Å². The summed E-state index contributed by atoms with van der Waals surface area (Å²) < 4.78 is 7.73. The SMILES string of the molecule is O=C(NCc1ccccc1Cn1ccnc1)c1ccccc1SCC1CCCO1. The van der Waals surface area contributed by atoms with E-state index in [-0.39, 0.29) is 5.91 Å². The van der Waals surface area contributed by atoms with E-state index in [0.29, 0.717) is 12.6 Å². The van der Waals surface area contributed by atoms with Gasteiger partial charge in [0.05, 0.1) is 18.0 Å². The molecule has 3 aromatic rings. The van der Waals surface area contributed by atoms with Crippen molar-refractivity contribution in [2.24, 2.45) is 0 Å². The maximum atomic E-state index is 12.9. The fourth-order valence-electron chi connectivity index (χ4n) is 3.47. The van der Waals surface area contributed by atoms with Gasteiger partial charge >= 0.3 is 0 Å². The quantitative estimate of drug-likeness (QED) is 0.571. The first-order chi connectivity index (χ1) is 14.3. The van der Waals surface area contributed by atoms with Gasteiger partial charge in [0.25, 0.3) is 5.91 Å². The van der Waals surface area contributed by atoms with Crippen molar-refractivity contribution in [1.29, 1.82) is 0 Å². The maximum Gasteiger partial charge on any atom is 0.252 e. The minimum Gasteiger partial charge on any atom is -0.377 e. The van der Waals surface area contributed by atoms with E-state index in [1.165, 1.54) is 5.56 Å². The van der Waals surface area contributed by atoms with Gasteiger partial charge in [0.15, 0.2) is 0 Å². The lowest BCUT2D eigenvalue weighted by molar-refractivity contribution is 0.0947. The lowest BCUT2D eigenvalue weighted by Gasteiger charge is -2.14. The van der Waals surface area contributed by atoms with E-state index in [1.54, 1.807) is 24.3 Å². The van der Waals surface area contributed by atoms with Crippen molar-refractivity contribution in [2.45, 2.75) is 36.9 Å². The van der Waals surface area contributed by atoms with Gasteiger partial charge in [-0.05, 0) is 36.1 Å². The molecule has 1 fully saturated rings. The van der Waals surface area contributed by atoms with E-state index in [0.717, 1.165) is 47.8 Å². The molecule has 0 aliphatic carbocycles. The van der Waals surface area contributed by atoms with Crippen LogP contribution in [0.4, 0.5) is 0 Å². The van der Waals surface area contributed by atoms with Gasteiger partial charge in [-0.25, -0.2) is 4.98 Å². The van der Waals surface area contributed by atoms with Crippen LogP contribution in [0.25, 0.3) is 0 Å². The summed E-state index contributed by atoms with van der Waals surface area (Å²) in [5.41, 5.74) is 3.01. The maximum absolute atomic E-state index is 12.9. The second-order valence-electron chi connectivity index (χ2n) is 7.13. The number of benzene rings is 2. The molecule has 5 nitrogen and oxygen atoms in total. The zero-order valence-electron chi connectivity index (χ0n) is 16.3. The summed E-state index contributed by atoms with van der Waals surface area (Å²) in [6.45, 7) is 2.08. The molecular weight excluding hydrogens is 382 g/mol. The standard InChI is InChI=1S/C23H25N3O2S/c27-23(21-9-3-4-10-22(21)29-16-20-8-5-13-28-20)25-14-18-6-1-2-7-19(18)15-26-12-11-24-17-26/h1-4,6-7,9-12,17,20H,5,8,13-16H2,(H,25,27). The Morgan fingerprint density at radius 1 is 1.17 bits per heavy atom. The predicted molar refractivity (Wildman–Crippen MR) is 115 cm³/mol. The summed E-state index contributed by atoms with van der Waals surface area (Å²) in [5, 5.41) is 3.10. The average Bonchev–Trinajstić information content (AvgIpc) is 3.46. The fraction of sp³-hybridized carbons (Fsp3) is 0.304. The lowest BCUT2D eigenvalue weighted by Crippen LogP contribution is -2.24. The topological polar surface area (TPSA) is 56.2 Å². The number of imidazole rings is 1. The largest absolute Gasteiger partial charge is 0.377 e. The molecule has 150 valence electrons. The number of nitrogens with one attached hydrogen (secondary N) is 1. The Bertz CT molecular complexity index is 937. The molecule has 1 atom stereocenters. The zero-order valence-corrected chi connectivity index (χ0v) is 17.1. The average molecular weight is 408 g/mol. The Kier molecular flexibility index (Phi) is 6.64. The van der Waals surface area contributed by atoms with Crippen molar-refractivity contribution in [2.75, 3.05) is 12.4 Å². The number of aromatic nitrogens is 2. The van der Waals surface area contributed by atoms with Gasteiger partial charge in [-0.3, -0.25) is 4.79 Å². The van der Waals surface area contributed by atoms with Crippen molar-refractivity contribution < 1.29 is 9.53 Å². The van der Waals surface area contributed by atoms with Crippen LogP contribution >= 0.6 is 11.8 Å². The van der Waals surface area contributed by atoms with Gasteiger partial charge in [-0.1, -0.05) is 36.4 Å². The molecule has 1 N–H and O–H groups in total. The first kappa shape index (κ1) is 19.7. The van der Waals surface area contributed by atoms with E-state index >= 15 is 0 Å². The molecule has 1 aliphatic rings. The third-order valence-corrected chi connectivity index (χ3v) is 6.26. The third kappa shape index (κ3) is 5.28. The highest BCUT2D eigenvalue weighted by atomic mass is 32.2. The molecule has 6 heteroatoms. The van der Waals surface area contributed by atoms with Crippen LogP contribution in [-0.2, 0) is 17.8 Å². The second kappa shape index (κ2) is 9.76. The van der Waals surface area contributed by atoms with Crippen LogP contribution in [0.3, 0.4) is 0 Å². The number of amides is 1. The number of nitrogens with zero attached hydrogens (tertiary/aromatic N) is 2. The van der Waals surface area contributed by atoms with Gasteiger partial charge in [0.1, 0.15) is 0 Å². The van der Waals surface area contributed by atoms with E-state index in [4.69, 9.17) is 4.74 Å². The summed E-state index contributed by atoms with van der Waals surface area (Å²) in [5.74, 6) is 0.843. The Labute approximate surface area is 175 Å². The lowest BCUT2D eigenvalue weighted by atomic mass is 10.1. The van der Waals surface area contributed by atoms with Gasteiger partial charge in [-0.2, -0.15) is 0 Å². The zero-order chi connectivity index (χ0) is 19.9. The molecule has 1 amide bonds. The first-order valence-electron chi connectivity index (χ1n) is 9.94. The van der Waals surface area contributed by atoms with Crippen LogP contribution in [0.5, 0.6) is 0 Å². The van der Waals surface area contributed by atoms with E-state index in [2.05, 4.69) is 22.4 Å². The Morgan fingerprint density at radius 2 is 2.00 bits per heavy atom. The number of rotatable bonds is 8. The molecular formula is C23H25N3O2S. The monoisotopic (exact) mass is 407 g/mol. The molecule has 29 heavy (non-hydrogen) atoms. The normalized spacial score (nSPS) is 16.1. The van der Waals surface area contributed by atoms with Gasteiger partial charge in [0, 0.05) is 42.7 Å². The molecule has 1 saturated heterocycles. The van der Waals surface area contributed by atoms with Crippen molar-refractivity contribution in [3.63, 3.8) is 0 Å². The number of ether oxygens (including phenoxy) is 1. The number of carbonyl (C=O) groups excluding carboxylic acids is 1. The summed E-state index contributed by atoms with van der Waals surface area (Å²) in [7, 11) is 0. The van der Waals surface area contributed by atoms with E-state index in [1.807, 2.05) is 47.2 Å².